The van der Waals surface area contributed by atoms with Crippen LogP contribution in [-0.4, -0.2) is 29.6 Å². The molecular weight excluding hydrogens is 232 g/mol. The van der Waals surface area contributed by atoms with Crippen LogP contribution in [0.3, 0.4) is 0 Å². The molecule has 0 heterocycles. The molecule has 1 nitrogen and oxygen atoms in total. The van der Waals surface area contributed by atoms with Crippen molar-refractivity contribution < 1.29 is 22.4 Å². The van der Waals surface area contributed by atoms with Crippen molar-refractivity contribution in [2.45, 2.75) is 38.3 Å². The molecule has 1 atom stereocenters. The molecule has 0 radical (unpaired) electrons. The fourth-order valence-corrected chi connectivity index (χ4v) is 1.58. The molecule has 0 saturated heterocycles. The maximum Gasteiger partial charge on any atom is 0.281 e. The molecule has 6 heteroatoms. The first-order chi connectivity index (χ1) is 6.90. The lowest BCUT2D eigenvalue weighted by Gasteiger charge is -2.17. The van der Waals surface area contributed by atoms with Gasteiger partial charge in [-0.05, 0) is 12.8 Å². The van der Waals surface area contributed by atoms with Crippen LogP contribution in [0, 0.1) is 0 Å². The zero-order chi connectivity index (χ0) is 11.9. The van der Waals surface area contributed by atoms with E-state index in [-0.39, 0.29) is 11.5 Å². The van der Waals surface area contributed by atoms with Crippen LogP contribution in [0.2, 0.25) is 0 Å². The van der Waals surface area contributed by atoms with Crippen LogP contribution in [0.5, 0.6) is 0 Å². The van der Waals surface area contributed by atoms with Gasteiger partial charge in [-0.1, -0.05) is 11.8 Å². The molecule has 0 N–H and O–H groups in total. The molecular formula is C9H14F4OS. The Balaban J connectivity index is 3.61. The van der Waals surface area contributed by atoms with Crippen molar-refractivity contribution in [3.05, 3.63) is 0 Å². The zero-order valence-electron chi connectivity index (χ0n) is 8.44. The lowest BCUT2D eigenvalue weighted by atomic mass is 10.1. The van der Waals surface area contributed by atoms with Gasteiger partial charge in [0, 0.05) is 19.1 Å². The second-order valence-electron chi connectivity index (χ2n) is 3.18. The summed E-state index contributed by atoms with van der Waals surface area (Å²) in [5.41, 5.74) is 0. The molecule has 0 aromatic carbocycles. The van der Waals surface area contributed by atoms with Gasteiger partial charge in [0.2, 0.25) is 0 Å². The molecule has 0 spiro atoms. The summed E-state index contributed by atoms with van der Waals surface area (Å²) in [5.74, 6) is -3.15. The Bertz CT molecular complexity index is 199. The van der Waals surface area contributed by atoms with Crippen LogP contribution >= 0.6 is 11.8 Å². The highest BCUT2D eigenvalue weighted by Crippen LogP contribution is 2.28. The number of unbranched alkanes of at least 4 members (excludes halogenated alkanes) is 1. The van der Waals surface area contributed by atoms with Crippen molar-refractivity contribution in [3.8, 4) is 0 Å². The average molecular weight is 246 g/mol. The van der Waals surface area contributed by atoms with Crippen LogP contribution < -0.4 is 0 Å². The Labute approximate surface area is 90.6 Å². The number of carbonyl (C=O) groups is 1. The van der Waals surface area contributed by atoms with Crippen molar-refractivity contribution in [3.63, 3.8) is 0 Å². The SMILES string of the molecule is CC(=O)SCCCCC(F)(F)C(F)CF. The predicted octanol–water partition coefficient (Wildman–Crippen LogP) is 3.38. The Morgan fingerprint density at radius 2 is 2.00 bits per heavy atom. The summed E-state index contributed by atoms with van der Waals surface area (Å²) in [5, 5.41) is -0.0751. The molecule has 0 aromatic rings. The molecule has 0 bridgehead atoms. The van der Waals surface area contributed by atoms with Crippen LogP contribution in [0.25, 0.3) is 0 Å². The van der Waals surface area contributed by atoms with Gasteiger partial charge in [0.05, 0.1) is 0 Å². The molecule has 0 fully saturated rings. The van der Waals surface area contributed by atoms with Gasteiger partial charge in [-0.25, -0.2) is 17.6 Å². The van der Waals surface area contributed by atoms with E-state index in [0.717, 1.165) is 11.8 Å². The van der Waals surface area contributed by atoms with Gasteiger partial charge in [-0.15, -0.1) is 0 Å². The molecule has 1 unspecified atom stereocenters. The molecule has 15 heavy (non-hydrogen) atoms. The zero-order valence-corrected chi connectivity index (χ0v) is 9.26. The molecule has 0 saturated carbocycles. The third kappa shape index (κ3) is 6.76. The highest BCUT2D eigenvalue weighted by atomic mass is 32.2. The van der Waals surface area contributed by atoms with Gasteiger partial charge in [-0.2, -0.15) is 0 Å². The van der Waals surface area contributed by atoms with E-state index >= 15 is 0 Å². The lowest BCUT2D eigenvalue weighted by molar-refractivity contribution is -0.109. The van der Waals surface area contributed by atoms with Crippen molar-refractivity contribution >= 4 is 16.9 Å². The summed E-state index contributed by atoms with van der Waals surface area (Å²) >= 11 is 1.04. The normalized spacial score (nSPS) is 13.9. The Morgan fingerprint density at radius 1 is 1.40 bits per heavy atom. The molecule has 90 valence electrons. The number of carbonyl (C=O) groups excluding carboxylic acids is 1. The van der Waals surface area contributed by atoms with E-state index in [0.29, 0.717) is 12.2 Å². The Kier molecular flexibility index (Phi) is 6.96. The van der Waals surface area contributed by atoms with Crippen molar-refractivity contribution in [1.82, 2.24) is 0 Å². The third-order valence-electron chi connectivity index (χ3n) is 1.80. The quantitative estimate of drug-likeness (QED) is 0.506. The molecule has 0 aliphatic carbocycles. The Hall–Kier alpha value is -0.260. The van der Waals surface area contributed by atoms with Crippen molar-refractivity contribution in [1.29, 1.82) is 0 Å². The number of halogens is 4. The van der Waals surface area contributed by atoms with Gasteiger partial charge in [0.15, 0.2) is 11.3 Å². The van der Waals surface area contributed by atoms with E-state index in [1.807, 2.05) is 0 Å². The molecule has 0 aliphatic heterocycles. The number of hydrogen-bond donors (Lipinski definition) is 0. The van der Waals surface area contributed by atoms with E-state index in [2.05, 4.69) is 0 Å². The van der Waals surface area contributed by atoms with Crippen molar-refractivity contribution in [2.75, 3.05) is 12.4 Å². The standard InChI is InChI=1S/C9H14F4OS/c1-7(14)15-5-3-2-4-9(12,13)8(11)6-10/h8H,2-6H2,1H3. The van der Waals surface area contributed by atoms with Gasteiger partial charge in [0.25, 0.3) is 5.92 Å². The second kappa shape index (κ2) is 7.09. The highest BCUT2D eigenvalue weighted by molar-refractivity contribution is 8.13. The molecule has 0 aliphatic rings. The maximum absolute atomic E-state index is 12.7. The number of alkyl halides is 4. The number of hydrogen-bond acceptors (Lipinski definition) is 2. The van der Waals surface area contributed by atoms with E-state index in [1.54, 1.807) is 0 Å². The van der Waals surface area contributed by atoms with Gasteiger partial charge in [-0.3, -0.25) is 4.79 Å². The fraction of sp³-hybridized carbons (Fsp3) is 0.889. The lowest BCUT2D eigenvalue weighted by Crippen LogP contribution is -2.31. The monoisotopic (exact) mass is 246 g/mol. The largest absolute Gasteiger partial charge is 0.288 e. The smallest absolute Gasteiger partial charge is 0.281 e. The highest BCUT2D eigenvalue weighted by Gasteiger charge is 2.39. The minimum absolute atomic E-state index is 0.0751. The fourth-order valence-electron chi connectivity index (χ4n) is 0.948. The van der Waals surface area contributed by atoms with Crippen molar-refractivity contribution in [2.24, 2.45) is 0 Å². The first kappa shape index (κ1) is 14.7. The first-order valence-corrected chi connectivity index (χ1v) is 5.60. The molecule has 0 rings (SSSR count). The summed E-state index contributed by atoms with van der Waals surface area (Å²) in [6, 6.07) is 0. The van der Waals surface area contributed by atoms with Gasteiger partial charge < -0.3 is 0 Å². The summed E-state index contributed by atoms with van der Waals surface area (Å²) in [7, 11) is 0. The van der Waals surface area contributed by atoms with Gasteiger partial charge >= 0.3 is 0 Å². The maximum atomic E-state index is 12.7. The molecule has 0 amide bonds. The molecule has 0 aromatic heterocycles. The number of rotatable bonds is 7. The van der Waals surface area contributed by atoms with Crippen LogP contribution in [0.1, 0.15) is 26.2 Å². The van der Waals surface area contributed by atoms with E-state index in [4.69, 9.17) is 0 Å². The topological polar surface area (TPSA) is 17.1 Å². The third-order valence-corrected chi connectivity index (χ3v) is 2.70. The van der Waals surface area contributed by atoms with Crippen LogP contribution in [-0.2, 0) is 4.79 Å². The van der Waals surface area contributed by atoms with Crippen LogP contribution in [0.15, 0.2) is 0 Å². The predicted molar refractivity (Wildman–Crippen MR) is 52.8 cm³/mol. The minimum Gasteiger partial charge on any atom is -0.288 e. The number of thioether (sulfide) groups is 1. The van der Waals surface area contributed by atoms with E-state index < -0.39 is 25.2 Å². The summed E-state index contributed by atoms with van der Waals surface area (Å²) in [6.45, 7) is -0.269. The summed E-state index contributed by atoms with van der Waals surface area (Å²) < 4.78 is 49.5. The summed E-state index contributed by atoms with van der Waals surface area (Å²) in [6.07, 6.45) is -2.89. The van der Waals surface area contributed by atoms with E-state index in [9.17, 15) is 22.4 Å². The first-order valence-electron chi connectivity index (χ1n) is 4.61. The minimum atomic E-state index is -3.59. The van der Waals surface area contributed by atoms with Gasteiger partial charge in [0.1, 0.15) is 6.67 Å². The van der Waals surface area contributed by atoms with E-state index in [1.165, 1.54) is 6.92 Å². The Morgan fingerprint density at radius 3 is 2.47 bits per heavy atom. The summed E-state index contributed by atoms with van der Waals surface area (Å²) in [4.78, 5) is 10.5. The average Bonchev–Trinajstić information content (AvgIpc) is 2.15. The van der Waals surface area contributed by atoms with Crippen LogP contribution in [0.4, 0.5) is 17.6 Å². The second-order valence-corrected chi connectivity index (χ2v) is 4.45.